The van der Waals surface area contributed by atoms with Crippen LogP contribution in [0.3, 0.4) is 0 Å². The quantitative estimate of drug-likeness (QED) is 0.449. The van der Waals surface area contributed by atoms with Crippen molar-refractivity contribution in [3.63, 3.8) is 0 Å². The smallest absolute Gasteiger partial charge is 0.492 e. The van der Waals surface area contributed by atoms with Gasteiger partial charge in [-0.25, -0.2) is 5.43 Å². The highest BCUT2D eigenvalue weighted by atomic mass is 16.5. The topological polar surface area (TPSA) is 73.8 Å². The van der Waals surface area contributed by atoms with Crippen LogP contribution < -0.4 is 21.1 Å². The summed E-state index contributed by atoms with van der Waals surface area (Å²) < 4.78 is 5.37. The number of hydrazine groups is 1. The zero-order chi connectivity index (χ0) is 15.1. The van der Waals surface area contributed by atoms with Gasteiger partial charge in [-0.15, -0.1) is 0 Å². The van der Waals surface area contributed by atoms with Gasteiger partial charge in [0.1, 0.15) is 5.75 Å². The average Bonchev–Trinajstić information content (AvgIpc) is 2.50. The second kappa shape index (κ2) is 7.68. The van der Waals surface area contributed by atoms with Crippen LogP contribution in [0.2, 0.25) is 0 Å². The molecular formula is C15H19BN2O3. The Morgan fingerprint density at radius 3 is 2.52 bits per heavy atom. The summed E-state index contributed by atoms with van der Waals surface area (Å²) >= 11 is 0. The summed E-state index contributed by atoms with van der Waals surface area (Å²) in [6.07, 6.45) is 0. The lowest BCUT2D eigenvalue weighted by Crippen LogP contribution is -2.32. The fourth-order valence-corrected chi connectivity index (χ4v) is 1.97. The molecule has 5 nitrogen and oxygen atoms in total. The monoisotopic (exact) mass is 286 g/mol. The van der Waals surface area contributed by atoms with E-state index >= 15 is 0 Å². The molecule has 6 heteroatoms. The van der Waals surface area contributed by atoms with Gasteiger partial charge in [-0.05, 0) is 30.7 Å². The minimum absolute atomic E-state index is 0.371. The van der Waals surface area contributed by atoms with Crippen molar-refractivity contribution >= 4 is 18.3 Å². The molecule has 0 atom stereocenters. The lowest BCUT2D eigenvalue weighted by atomic mass is 9.78. The van der Waals surface area contributed by atoms with E-state index in [9.17, 15) is 10.0 Å². The van der Waals surface area contributed by atoms with E-state index in [1.807, 2.05) is 43.3 Å². The zero-order valence-electron chi connectivity index (χ0n) is 11.9. The lowest BCUT2D eigenvalue weighted by Gasteiger charge is -2.13. The van der Waals surface area contributed by atoms with Crippen LogP contribution in [0.5, 0.6) is 5.75 Å². The van der Waals surface area contributed by atoms with E-state index in [4.69, 9.17) is 4.74 Å². The van der Waals surface area contributed by atoms with Crippen molar-refractivity contribution in [3.05, 3.63) is 54.1 Å². The number of nitrogens with one attached hydrogen (secondary N) is 2. The summed E-state index contributed by atoms with van der Waals surface area (Å²) in [5.41, 5.74) is 8.41. The molecule has 0 saturated carbocycles. The minimum atomic E-state index is -1.55. The molecule has 2 rings (SSSR count). The van der Waals surface area contributed by atoms with Gasteiger partial charge in [0, 0.05) is 17.7 Å². The van der Waals surface area contributed by atoms with Crippen molar-refractivity contribution in [2.24, 2.45) is 0 Å². The maximum absolute atomic E-state index is 9.40. The third-order valence-corrected chi connectivity index (χ3v) is 2.95. The van der Waals surface area contributed by atoms with Crippen LogP contribution in [0.25, 0.3) is 0 Å². The van der Waals surface area contributed by atoms with Gasteiger partial charge >= 0.3 is 7.12 Å². The minimum Gasteiger partial charge on any atom is -0.494 e. The van der Waals surface area contributed by atoms with E-state index in [0.29, 0.717) is 24.4 Å². The van der Waals surface area contributed by atoms with Crippen molar-refractivity contribution in [3.8, 4) is 5.75 Å². The molecule has 0 aliphatic carbocycles. The maximum atomic E-state index is 9.40. The average molecular weight is 286 g/mol. The molecule has 0 bridgehead atoms. The van der Waals surface area contributed by atoms with Crippen molar-refractivity contribution in [2.45, 2.75) is 13.5 Å². The molecule has 110 valence electrons. The predicted molar refractivity (Wildman–Crippen MR) is 84.3 cm³/mol. The molecule has 0 fully saturated rings. The van der Waals surface area contributed by atoms with Crippen molar-refractivity contribution in [2.75, 3.05) is 12.0 Å². The Balaban J connectivity index is 1.98. The van der Waals surface area contributed by atoms with E-state index in [-0.39, 0.29) is 0 Å². The largest absolute Gasteiger partial charge is 0.494 e. The van der Waals surface area contributed by atoms with Crippen LogP contribution in [0.15, 0.2) is 48.5 Å². The number of ether oxygens (including phenoxy) is 1. The second-order valence-electron chi connectivity index (χ2n) is 4.52. The first kappa shape index (κ1) is 15.4. The summed E-state index contributed by atoms with van der Waals surface area (Å²) in [5, 5.41) is 18.8. The Bertz CT molecular complexity index is 564. The Kier molecular flexibility index (Phi) is 5.63. The predicted octanol–water partition coefficient (Wildman–Crippen LogP) is 0.882. The van der Waals surface area contributed by atoms with Gasteiger partial charge in [0.2, 0.25) is 0 Å². The fraction of sp³-hybridized carbons (Fsp3) is 0.200. The lowest BCUT2D eigenvalue weighted by molar-refractivity contribution is 0.340. The Labute approximate surface area is 124 Å². The van der Waals surface area contributed by atoms with Crippen LogP contribution in [-0.2, 0) is 6.54 Å². The molecule has 2 aromatic rings. The third kappa shape index (κ3) is 4.49. The number of hydrogen-bond acceptors (Lipinski definition) is 5. The zero-order valence-corrected chi connectivity index (χ0v) is 11.9. The molecule has 0 radical (unpaired) electrons. The van der Waals surface area contributed by atoms with Crippen LogP contribution in [-0.4, -0.2) is 23.8 Å². The first-order valence-corrected chi connectivity index (χ1v) is 6.86. The van der Waals surface area contributed by atoms with Crippen molar-refractivity contribution < 1.29 is 14.8 Å². The Morgan fingerprint density at radius 1 is 1.10 bits per heavy atom. The van der Waals surface area contributed by atoms with Gasteiger partial charge < -0.3 is 20.2 Å². The summed E-state index contributed by atoms with van der Waals surface area (Å²) in [7, 11) is -1.55. The van der Waals surface area contributed by atoms with E-state index in [0.717, 1.165) is 11.3 Å². The van der Waals surface area contributed by atoms with Crippen LogP contribution in [0, 0.1) is 0 Å². The van der Waals surface area contributed by atoms with Gasteiger partial charge in [0.25, 0.3) is 0 Å². The molecule has 0 saturated heterocycles. The van der Waals surface area contributed by atoms with Crippen molar-refractivity contribution in [1.82, 2.24) is 5.43 Å². The molecule has 0 spiro atoms. The second-order valence-corrected chi connectivity index (χ2v) is 4.52. The van der Waals surface area contributed by atoms with E-state index in [1.54, 1.807) is 12.1 Å². The highest BCUT2D eigenvalue weighted by Crippen LogP contribution is 2.11. The van der Waals surface area contributed by atoms with Gasteiger partial charge in [-0.3, -0.25) is 0 Å². The normalized spacial score (nSPS) is 10.2. The van der Waals surface area contributed by atoms with Gasteiger partial charge in [0.05, 0.1) is 6.61 Å². The van der Waals surface area contributed by atoms with Crippen LogP contribution >= 0.6 is 0 Å². The molecular weight excluding hydrogens is 267 g/mol. The fourth-order valence-electron chi connectivity index (χ4n) is 1.97. The molecule has 0 heterocycles. The molecule has 0 aliphatic heterocycles. The van der Waals surface area contributed by atoms with E-state index < -0.39 is 7.12 Å². The summed E-state index contributed by atoms with van der Waals surface area (Å²) in [4.78, 5) is 0. The van der Waals surface area contributed by atoms with Crippen LogP contribution in [0.1, 0.15) is 12.5 Å². The summed E-state index contributed by atoms with van der Waals surface area (Å²) in [6, 6.07) is 15.1. The first-order valence-electron chi connectivity index (χ1n) is 6.86. The van der Waals surface area contributed by atoms with Gasteiger partial charge in [0.15, 0.2) is 0 Å². The molecule has 0 aliphatic rings. The SMILES string of the molecule is CCOc1ccc(CNNc2ccccc2)cc1B(O)O. The number of rotatable bonds is 7. The molecule has 2 aromatic carbocycles. The maximum Gasteiger partial charge on any atom is 0.492 e. The summed E-state index contributed by atoms with van der Waals surface area (Å²) in [6.45, 7) is 2.88. The number of anilines is 1. The van der Waals surface area contributed by atoms with Gasteiger partial charge in [-0.2, -0.15) is 0 Å². The molecule has 0 amide bonds. The standard InChI is InChI=1S/C15H19BN2O3/c1-2-21-15-9-8-12(10-14(15)16(19)20)11-17-18-13-6-4-3-5-7-13/h3-10,17-20H,2,11H2,1H3. The first-order chi connectivity index (χ1) is 10.2. The third-order valence-electron chi connectivity index (χ3n) is 2.95. The molecule has 0 aromatic heterocycles. The van der Waals surface area contributed by atoms with E-state index in [1.165, 1.54) is 0 Å². The highest BCUT2D eigenvalue weighted by Gasteiger charge is 2.17. The molecule has 0 unspecified atom stereocenters. The van der Waals surface area contributed by atoms with E-state index in [2.05, 4.69) is 10.9 Å². The number of benzene rings is 2. The van der Waals surface area contributed by atoms with Crippen molar-refractivity contribution in [1.29, 1.82) is 0 Å². The van der Waals surface area contributed by atoms with Gasteiger partial charge in [-0.1, -0.05) is 30.3 Å². The highest BCUT2D eigenvalue weighted by molar-refractivity contribution is 6.59. The molecule has 21 heavy (non-hydrogen) atoms. The summed E-state index contributed by atoms with van der Waals surface area (Å²) in [5.74, 6) is 0.493. The Morgan fingerprint density at radius 2 is 1.86 bits per heavy atom. The Hall–Kier alpha value is -2.02. The van der Waals surface area contributed by atoms with Crippen LogP contribution in [0.4, 0.5) is 5.69 Å². The number of hydrogen-bond donors (Lipinski definition) is 4. The number of para-hydroxylation sites is 1. The molecule has 4 N–H and O–H groups in total.